The highest BCUT2D eigenvalue weighted by Gasteiger charge is 2.32. The highest BCUT2D eigenvalue weighted by Crippen LogP contribution is 2.13. The Bertz CT molecular complexity index is 834. The van der Waals surface area contributed by atoms with Gasteiger partial charge in [0, 0.05) is 12.5 Å². The van der Waals surface area contributed by atoms with Crippen molar-refractivity contribution in [2.24, 2.45) is 23.7 Å². The smallest absolute Gasteiger partial charge is 0.408 e. The Labute approximate surface area is 234 Å². The van der Waals surface area contributed by atoms with Gasteiger partial charge in [-0.2, -0.15) is 0 Å². The molecular formula is C28H52N4O7. The van der Waals surface area contributed by atoms with E-state index in [4.69, 9.17) is 9.47 Å². The first-order chi connectivity index (χ1) is 17.8. The van der Waals surface area contributed by atoms with Crippen LogP contribution < -0.4 is 21.3 Å². The van der Waals surface area contributed by atoms with E-state index in [2.05, 4.69) is 21.3 Å². The second-order valence-corrected chi connectivity index (χ2v) is 12.3. The van der Waals surface area contributed by atoms with Crippen molar-refractivity contribution in [1.29, 1.82) is 0 Å². The van der Waals surface area contributed by atoms with Crippen LogP contribution in [-0.2, 0) is 28.7 Å². The molecule has 0 saturated heterocycles. The average Bonchev–Trinajstić information content (AvgIpc) is 2.79. The molecule has 11 heteroatoms. The van der Waals surface area contributed by atoms with Gasteiger partial charge in [-0.1, -0.05) is 55.4 Å². The molecule has 0 fully saturated rings. The van der Waals surface area contributed by atoms with Crippen molar-refractivity contribution in [3.63, 3.8) is 0 Å². The van der Waals surface area contributed by atoms with E-state index in [-0.39, 0.29) is 47.9 Å². The molecule has 4 amide bonds. The van der Waals surface area contributed by atoms with E-state index in [1.807, 2.05) is 27.7 Å². The van der Waals surface area contributed by atoms with Gasteiger partial charge in [-0.25, -0.2) is 9.59 Å². The predicted octanol–water partition coefficient (Wildman–Crippen LogP) is 2.91. The number of amides is 4. The summed E-state index contributed by atoms with van der Waals surface area (Å²) in [6.45, 7) is 19.9. The molecule has 0 aromatic carbocycles. The molecular weight excluding hydrogens is 504 g/mol. The van der Waals surface area contributed by atoms with Crippen molar-refractivity contribution in [2.45, 2.75) is 119 Å². The fraction of sp³-hybridized carbons (Fsp3) is 0.821. The summed E-state index contributed by atoms with van der Waals surface area (Å²) in [6.07, 6.45) is -0.284. The van der Waals surface area contributed by atoms with Gasteiger partial charge in [0.1, 0.15) is 23.7 Å². The molecule has 0 aliphatic heterocycles. The predicted molar refractivity (Wildman–Crippen MR) is 150 cm³/mol. The summed E-state index contributed by atoms with van der Waals surface area (Å²) >= 11 is 0. The lowest BCUT2D eigenvalue weighted by Gasteiger charge is -2.29. The standard InChI is InChI=1S/C28H52N4O7/c1-15(2)19(29-24(34)22(17(5)6)32-27(37)39-28(9,10)11)13-14-20(33)30-21(16(3)4)25(35)31-23(18(7)8)26(36)38-12/h15-19,21-23H,13-14H2,1-12H3,(H,29,34)(H,30,33)(H,31,35)(H,32,37)/t19?,21-,22-,23-/m0/s1. The number of hydrogen-bond donors (Lipinski definition) is 4. The minimum Gasteiger partial charge on any atom is -0.467 e. The van der Waals surface area contributed by atoms with Gasteiger partial charge in [-0.15, -0.1) is 0 Å². The second-order valence-electron chi connectivity index (χ2n) is 12.3. The van der Waals surface area contributed by atoms with Gasteiger partial charge in [0.2, 0.25) is 17.7 Å². The van der Waals surface area contributed by atoms with Crippen LogP contribution in [0.3, 0.4) is 0 Å². The number of ether oxygens (including phenoxy) is 2. The lowest BCUT2D eigenvalue weighted by molar-refractivity contribution is -0.146. The quantitative estimate of drug-likeness (QED) is 0.240. The minimum absolute atomic E-state index is 0.00661. The molecule has 226 valence electrons. The van der Waals surface area contributed by atoms with Crippen molar-refractivity contribution in [2.75, 3.05) is 7.11 Å². The van der Waals surface area contributed by atoms with Gasteiger partial charge in [0.05, 0.1) is 7.11 Å². The average molecular weight is 557 g/mol. The van der Waals surface area contributed by atoms with Crippen molar-refractivity contribution in [3.05, 3.63) is 0 Å². The lowest BCUT2D eigenvalue weighted by atomic mass is 9.96. The summed E-state index contributed by atoms with van der Waals surface area (Å²) in [6, 6.07) is -2.84. The summed E-state index contributed by atoms with van der Waals surface area (Å²) in [7, 11) is 1.26. The molecule has 0 saturated carbocycles. The summed E-state index contributed by atoms with van der Waals surface area (Å²) in [4.78, 5) is 63.1. The third-order valence-electron chi connectivity index (χ3n) is 6.12. The Balaban J connectivity index is 5.29. The molecule has 0 aromatic rings. The summed E-state index contributed by atoms with van der Waals surface area (Å²) in [5.41, 5.74) is -0.699. The van der Waals surface area contributed by atoms with Gasteiger partial charge in [0.15, 0.2) is 0 Å². The number of nitrogens with one attached hydrogen (secondary N) is 4. The normalized spacial score (nSPS) is 14.9. The fourth-order valence-corrected chi connectivity index (χ4v) is 3.75. The SMILES string of the molecule is COC(=O)[C@@H](NC(=O)[C@@H](NC(=O)CCC(NC(=O)[C@@H](NC(=O)OC(C)(C)C)C(C)C)C(C)C)C(C)C)C(C)C. The molecule has 4 atom stereocenters. The number of carbonyl (C=O) groups is 5. The largest absolute Gasteiger partial charge is 0.467 e. The van der Waals surface area contributed by atoms with Crippen molar-refractivity contribution < 1.29 is 33.4 Å². The van der Waals surface area contributed by atoms with Crippen LogP contribution in [0.25, 0.3) is 0 Å². The Morgan fingerprint density at radius 1 is 0.641 bits per heavy atom. The summed E-state index contributed by atoms with van der Waals surface area (Å²) < 4.78 is 10.1. The van der Waals surface area contributed by atoms with E-state index in [0.717, 1.165) is 0 Å². The molecule has 4 N–H and O–H groups in total. The van der Waals surface area contributed by atoms with Crippen LogP contribution in [-0.4, -0.2) is 66.7 Å². The van der Waals surface area contributed by atoms with E-state index in [0.29, 0.717) is 6.42 Å². The van der Waals surface area contributed by atoms with Crippen molar-refractivity contribution >= 4 is 29.8 Å². The Hall–Kier alpha value is -2.85. The number of carbonyl (C=O) groups excluding carboxylic acids is 5. The van der Waals surface area contributed by atoms with Crippen LogP contribution in [0, 0.1) is 23.7 Å². The maximum atomic E-state index is 13.1. The van der Waals surface area contributed by atoms with Crippen LogP contribution in [0.1, 0.15) is 89.0 Å². The summed E-state index contributed by atoms with van der Waals surface area (Å²) in [5, 5.41) is 11.0. The molecule has 0 aliphatic carbocycles. The number of rotatable bonds is 14. The van der Waals surface area contributed by atoms with Crippen LogP contribution in [0.5, 0.6) is 0 Å². The van der Waals surface area contributed by atoms with Crippen LogP contribution in [0.2, 0.25) is 0 Å². The maximum Gasteiger partial charge on any atom is 0.408 e. The molecule has 11 nitrogen and oxygen atoms in total. The molecule has 39 heavy (non-hydrogen) atoms. The Morgan fingerprint density at radius 2 is 1.10 bits per heavy atom. The highest BCUT2D eigenvalue weighted by atomic mass is 16.6. The van der Waals surface area contributed by atoms with Crippen molar-refractivity contribution in [1.82, 2.24) is 21.3 Å². The molecule has 0 radical (unpaired) electrons. The second kappa shape index (κ2) is 16.3. The number of esters is 1. The summed E-state index contributed by atoms with van der Waals surface area (Å²) in [5.74, 6) is -2.35. The monoisotopic (exact) mass is 556 g/mol. The Morgan fingerprint density at radius 3 is 1.51 bits per heavy atom. The van der Waals surface area contributed by atoms with Gasteiger partial charge in [0.25, 0.3) is 0 Å². The molecule has 0 aromatic heterocycles. The zero-order valence-corrected chi connectivity index (χ0v) is 25.9. The molecule has 0 spiro atoms. The van der Waals surface area contributed by atoms with E-state index >= 15 is 0 Å². The Kier molecular flexibility index (Phi) is 15.1. The first-order valence-corrected chi connectivity index (χ1v) is 13.8. The fourth-order valence-electron chi connectivity index (χ4n) is 3.75. The van der Waals surface area contributed by atoms with E-state index < -0.39 is 41.7 Å². The molecule has 0 rings (SSSR count). The highest BCUT2D eigenvalue weighted by molar-refractivity contribution is 5.91. The van der Waals surface area contributed by atoms with E-state index in [1.165, 1.54) is 7.11 Å². The third kappa shape index (κ3) is 13.7. The number of alkyl carbamates (subject to hydrolysis) is 1. The molecule has 0 heterocycles. The molecule has 0 aliphatic rings. The number of methoxy groups -OCH3 is 1. The topological polar surface area (TPSA) is 152 Å². The van der Waals surface area contributed by atoms with Gasteiger partial charge in [-0.3, -0.25) is 14.4 Å². The zero-order chi connectivity index (χ0) is 30.7. The van der Waals surface area contributed by atoms with Crippen LogP contribution in [0.15, 0.2) is 0 Å². The van der Waals surface area contributed by atoms with Gasteiger partial charge in [-0.05, 0) is 50.9 Å². The van der Waals surface area contributed by atoms with Crippen LogP contribution in [0.4, 0.5) is 4.79 Å². The molecule has 1 unspecified atom stereocenters. The first-order valence-electron chi connectivity index (χ1n) is 13.8. The number of hydrogen-bond acceptors (Lipinski definition) is 7. The van der Waals surface area contributed by atoms with Gasteiger partial charge < -0.3 is 30.7 Å². The van der Waals surface area contributed by atoms with Gasteiger partial charge >= 0.3 is 12.1 Å². The maximum absolute atomic E-state index is 13.1. The zero-order valence-electron chi connectivity index (χ0n) is 25.9. The molecule has 0 bridgehead atoms. The lowest BCUT2D eigenvalue weighted by Crippen LogP contribution is -2.55. The van der Waals surface area contributed by atoms with Crippen LogP contribution >= 0.6 is 0 Å². The minimum atomic E-state index is -0.848. The van der Waals surface area contributed by atoms with Crippen molar-refractivity contribution in [3.8, 4) is 0 Å². The third-order valence-corrected chi connectivity index (χ3v) is 6.12. The van der Waals surface area contributed by atoms with E-state index in [9.17, 15) is 24.0 Å². The van der Waals surface area contributed by atoms with E-state index in [1.54, 1.807) is 48.5 Å². The first kappa shape index (κ1) is 36.1.